The van der Waals surface area contributed by atoms with E-state index in [9.17, 15) is 4.79 Å². The number of nitrogens with zero attached hydrogens (tertiary/aromatic N) is 3. The Hall–Kier alpha value is -2.18. The fourth-order valence-corrected chi connectivity index (χ4v) is 3.75. The molecule has 2 fully saturated rings. The van der Waals surface area contributed by atoms with Crippen LogP contribution < -0.4 is 0 Å². The number of amides is 1. The summed E-state index contributed by atoms with van der Waals surface area (Å²) in [4.78, 5) is 14.8. The SMILES string of the molecule is O=C(CCc1cnn(-c2ccccc2)c1)N1CCCCC1C1OCCO1. The number of rotatable bonds is 5. The van der Waals surface area contributed by atoms with Gasteiger partial charge in [0.05, 0.1) is 31.1 Å². The molecule has 138 valence electrons. The third kappa shape index (κ3) is 3.81. The summed E-state index contributed by atoms with van der Waals surface area (Å²) in [6.45, 7) is 2.06. The number of piperidine rings is 1. The van der Waals surface area contributed by atoms with Crippen molar-refractivity contribution in [1.82, 2.24) is 14.7 Å². The minimum absolute atomic E-state index is 0.0609. The van der Waals surface area contributed by atoms with Gasteiger partial charge in [0.25, 0.3) is 0 Å². The van der Waals surface area contributed by atoms with Crippen molar-refractivity contribution in [3.63, 3.8) is 0 Å². The molecule has 4 rings (SSSR count). The molecule has 6 heteroatoms. The number of hydrogen-bond donors (Lipinski definition) is 0. The molecule has 6 nitrogen and oxygen atoms in total. The van der Waals surface area contributed by atoms with E-state index in [0.29, 0.717) is 26.1 Å². The molecule has 2 aromatic rings. The number of aryl methyl sites for hydroxylation is 1. The maximum absolute atomic E-state index is 12.8. The number of para-hydroxylation sites is 1. The van der Waals surface area contributed by atoms with Crippen LogP contribution in [0.2, 0.25) is 0 Å². The van der Waals surface area contributed by atoms with Crippen molar-refractivity contribution >= 4 is 5.91 Å². The summed E-state index contributed by atoms with van der Waals surface area (Å²) in [6, 6.07) is 10.1. The molecule has 3 heterocycles. The highest BCUT2D eigenvalue weighted by molar-refractivity contribution is 5.77. The summed E-state index contributed by atoms with van der Waals surface area (Å²) in [7, 11) is 0. The van der Waals surface area contributed by atoms with Crippen molar-refractivity contribution in [2.24, 2.45) is 0 Å². The van der Waals surface area contributed by atoms with Gasteiger partial charge in [-0.25, -0.2) is 4.68 Å². The van der Waals surface area contributed by atoms with E-state index < -0.39 is 0 Å². The minimum Gasteiger partial charge on any atom is -0.348 e. The first-order valence-electron chi connectivity index (χ1n) is 9.43. The van der Waals surface area contributed by atoms with Crippen molar-refractivity contribution in [1.29, 1.82) is 0 Å². The molecule has 0 spiro atoms. The van der Waals surface area contributed by atoms with Gasteiger partial charge in [-0.05, 0) is 43.4 Å². The Morgan fingerprint density at radius 2 is 1.96 bits per heavy atom. The van der Waals surface area contributed by atoms with E-state index in [4.69, 9.17) is 9.47 Å². The van der Waals surface area contributed by atoms with E-state index in [0.717, 1.165) is 37.1 Å². The molecule has 1 unspecified atom stereocenters. The average Bonchev–Trinajstić information content (AvgIpc) is 3.39. The second-order valence-electron chi connectivity index (χ2n) is 6.89. The molecule has 2 aliphatic rings. The predicted molar refractivity (Wildman–Crippen MR) is 96.9 cm³/mol. The highest BCUT2D eigenvalue weighted by Gasteiger charge is 2.35. The van der Waals surface area contributed by atoms with Crippen LogP contribution in [0.1, 0.15) is 31.2 Å². The van der Waals surface area contributed by atoms with E-state index in [1.807, 2.05) is 52.3 Å². The standard InChI is InChI=1S/C20H25N3O3/c24-19(22-11-5-4-8-18(22)20-25-12-13-26-20)10-9-16-14-21-23(15-16)17-6-2-1-3-7-17/h1-3,6-7,14-15,18,20H,4-5,8-13H2. The molecular weight excluding hydrogens is 330 g/mol. The number of hydrogen-bond acceptors (Lipinski definition) is 4. The van der Waals surface area contributed by atoms with Crippen molar-refractivity contribution in [2.45, 2.75) is 44.4 Å². The summed E-state index contributed by atoms with van der Waals surface area (Å²) >= 11 is 0. The van der Waals surface area contributed by atoms with Gasteiger partial charge in [-0.2, -0.15) is 5.10 Å². The zero-order chi connectivity index (χ0) is 17.8. The van der Waals surface area contributed by atoms with Gasteiger partial charge in [0, 0.05) is 19.2 Å². The molecule has 0 saturated carbocycles. The van der Waals surface area contributed by atoms with Crippen LogP contribution >= 0.6 is 0 Å². The second kappa shape index (κ2) is 8.01. The lowest BCUT2D eigenvalue weighted by Crippen LogP contribution is -2.50. The van der Waals surface area contributed by atoms with Crippen LogP contribution in [-0.2, 0) is 20.7 Å². The Balaban J connectivity index is 1.36. The first-order chi connectivity index (χ1) is 12.8. The molecule has 1 aromatic heterocycles. The molecule has 26 heavy (non-hydrogen) atoms. The number of carbonyl (C=O) groups is 1. The van der Waals surface area contributed by atoms with Gasteiger partial charge in [0.2, 0.25) is 5.91 Å². The summed E-state index contributed by atoms with van der Waals surface area (Å²) in [5, 5.41) is 4.41. The number of carbonyl (C=O) groups excluding carboxylic acids is 1. The van der Waals surface area contributed by atoms with E-state index in [-0.39, 0.29) is 18.2 Å². The lowest BCUT2D eigenvalue weighted by molar-refractivity contribution is -0.150. The highest BCUT2D eigenvalue weighted by Crippen LogP contribution is 2.25. The van der Waals surface area contributed by atoms with Crippen LogP contribution in [0, 0.1) is 0 Å². The van der Waals surface area contributed by atoms with Crippen LogP contribution in [0.15, 0.2) is 42.7 Å². The summed E-state index contributed by atoms with van der Waals surface area (Å²) in [5.41, 5.74) is 2.10. The van der Waals surface area contributed by atoms with Crippen molar-refractivity contribution in [3.8, 4) is 5.69 Å². The highest BCUT2D eigenvalue weighted by atomic mass is 16.7. The number of benzene rings is 1. The minimum atomic E-state index is -0.250. The van der Waals surface area contributed by atoms with E-state index in [1.54, 1.807) is 0 Å². The van der Waals surface area contributed by atoms with E-state index in [1.165, 1.54) is 0 Å². The Bertz CT molecular complexity index is 725. The molecule has 1 aromatic carbocycles. The molecule has 2 aliphatic heterocycles. The van der Waals surface area contributed by atoms with Gasteiger partial charge in [-0.15, -0.1) is 0 Å². The molecule has 1 atom stereocenters. The Labute approximate surface area is 153 Å². The second-order valence-corrected chi connectivity index (χ2v) is 6.89. The van der Waals surface area contributed by atoms with Crippen LogP contribution in [-0.4, -0.2) is 52.7 Å². The van der Waals surface area contributed by atoms with Gasteiger partial charge in [-0.3, -0.25) is 4.79 Å². The maximum Gasteiger partial charge on any atom is 0.223 e. The summed E-state index contributed by atoms with van der Waals surface area (Å²) in [5.74, 6) is 0.182. The molecule has 0 radical (unpaired) electrons. The topological polar surface area (TPSA) is 56.6 Å². The van der Waals surface area contributed by atoms with E-state index >= 15 is 0 Å². The summed E-state index contributed by atoms with van der Waals surface area (Å²) < 4.78 is 13.2. The molecule has 1 amide bonds. The monoisotopic (exact) mass is 355 g/mol. The fourth-order valence-electron chi connectivity index (χ4n) is 3.75. The normalized spacial score (nSPS) is 21.2. The third-order valence-electron chi connectivity index (χ3n) is 5.12. The van der Waals surface area contributed by atoms with Crippen LogP contribution in [0.5, 0.6) is 0 Å². The average molecular weight is 355 g/mol. The number of ether oxygens (including phenoxy) is 2. The molecule has 0 N–H and O–H groups in total. The quantitative estimate of drug-likeness (QED) is 0.827. The molecule has 0 bridgehead atoms. The third-order valence-corrected chi connectivity index (χ3v) is 5.12. The van der Waals surface area contributed by atoms with E-state index in [2.05, 4.69) is 5.10 Å². The van der Waals surface area contributed by atoms with Crippen LogP contribution in [0.3, 0.4) is 0 Å². The van der Waals surface area contributed by atoms with Gasteiger partial charge in [0.15, 0.2) is 6.29 Å². The Kier molecular flexibility index (Phi) is 5.32. The number of likely N-dealkylation sites (tertiary alicyclic amines) is 1. The smallest absolute Gasteiger partial charge is 0.223 e. The predicted octanol–water partition coefficient (Wildman–Crippen LogP) is 2.56. The van der Waals surface area contributed by atoms with Crippen molar-refractivity contribution in [3.05, 3.63) is 48.3 Å². The van der Waals surface area contributed by atoms with Crippen LogP contribution in [0.25, 0.3) is 5.69 Å². The zero-order valence-corrected chi connectivity index (χ0v) is 14.9. The Morgan fingerprint density at radius 1 is 1.15 bits per heavy atom. The molecular formula is C20H25N3O3. The lowest BCUT2D eigenvalue weighted by atomic mass is 10.0. The van der Waals surface area contributed by atoms with Gasteiger partial charge in [-0.1, -0.05) is 18.2 Å². The first kappa shape index (κ1) is 17.2. The van der Waals surface area contributed by atoms with Gasteiger partial charge < -0.3 is 14.4 Å². The summed E-state index contributed by atoms with van der Waals surface area (Å²) in [6.07, 6.45) is 7.92. The van der Waals surface area contributed by atoms with Crippen molar-refractivity contribution in [2.75, 3.05) is 19.8 Å². The Morgan fingerprint density at radius 3 is 2.77 bits per heavy atom. The maximum atomic E-state index is 12.8. The number of aromatic nitrogens is 2. The van der Waals surface area contributed by atoms with Crippen molar-refractivity contribution < 1.29 is 14.3 Å². The fraction of sp³-hybridized carbons (Fsp3) is 0.500. The zero-order valence-electron chi connectivity index (χ0n) is 14.9. The molecule has 2 saturated heterocycles. The lowest BCUT2D eigenvalue weighted by Gasteiger charge is -2.38. The van der Waals surface area contributed by atoms with Gasteiger partial charge in [0.1, 0.15) is 0 Å². The largest absolute Gasteiger partial charge is 0.348 e. The van der Waals surface area contributed by atoms with Gasteiger partial charge >= 0.3 is 0 Å². The van der Waals surface area contributed by atoms with Crippen LogP contribution in [0.4, 0.5) is 0 Å². The first-order valence-corrected chi connectivity index (χ1v) is 9.43. The molecule has 0 aliphatic carbocycles.